The van der Waals surface area contributed by atoms with Gasteiger partial charge in [0.1, 0.15) is 10.7 Å². The minimum atomic E-state index is -4.42. The van der Waals surface area contributed by atoms with Gasteiger partial charge in [0.05, 0.1) is 6.20 Å². The number of carbonyl (C=O) groups excluding carboxylic acids is 1. The predicted octanol–water partition coefficient (Wildman–Crippen LogP) is 3.45. The van der Waals surface area contributed by atoms with E-state index in [1.165, 1.54) is 12.1 Å². The standard InChI is InChI=1S/C14H13F4N3OS/c1-8-2-3-9(6-10(8)15)12(22)19-4-5-20-13-21-7-11(23-13)14(16,17)18/h2-3,6-7H,4-5H2,1H3,(H,19,22)(H,20,21). The normalized spacial score (nSPS) is 11.3. The molecule has 1 amide bonds. The van der Waals surface area contributed by atoms with Gasteiger partial charge in [-0.15, -0.1) is 0 Å². The molecule has 1 heterocycles. The van der Waals surface area contributed by atoms with Crippen LogP contribution in [0.25, 0.3) is 0 Å². The van der Waals surface area contributed by atoms with Gasteiger partial charge < -0.3 is 10.6 Å². The van der Waals surface area contributed by atoms with Crippen LogP contribution in [0.5, 0.6) is 0 Å². The Morgan fingerprint density at radius 1 is 1.30 bits per heavy atom. The second-order valence-corrected chi connectivity index (χ2v) is 5.70. The molecule has 0 saturated heterocycles. The van der Waals surface area contributed by atoms with Crippen molar-refractivity contribution in [3.63, 3.8) is 0 Å². The molecule has 23 heavy (non-hydrogen) atoms. The minimum absolute atomic E-state index is 0.118. The molecule has 1 aromatic carbocycles. The zero-order valence-corrected chi connectivity index (χ0v) is 12.8. The first-order valence-electron chi connectivity index (χ1n) is 6.58. The Morgan fingerprint density at radius 3 is 2.65 bits per heavy atom. The number of halogens is 4. The number of carbonyl (C=O) groups is 1. The zero-order chi connectivity index (χ0) is 17.0. The van der Waals surface area contributed by atoms with Gasteiger partial charge in [-0.1, -0.05) is 17.4 Å². The van der Waals surface area contributed by atoms with E-state index >= 15 is 0 Å². The Labute approximate surface area is 133 Å². The van der Waals surface area contributed by atoms with Crippen LogP contribution in [0.15, 0.2) is 24.4 Å². The molecule has 0 atom stereocenters. The molecule has 9 heteroatoms. The van der Waals surface area contributed by atoms with E-state index in [1.54, 1.807) is 6.92 Å². The highest BCUT2D eigenvalue weighted by Crippen LogP contribution is 2.34. The molecule has 4 nitrogen and oxygen atoms in total. The summed E-state index contributed by atoms with van der Waals surface area (Å²) in [6.45, 7) is 1.95. The maximum atomic E-state index is 13.4. The highest BCUT2D eigenvalue weighted by molar-refractivity contribution is 7.15. The number of aromatic nitrogens is 1. The lowest BCUT2D eigenvalue weighted by Crippen LogP contribution is -2.28. The van der Waals surface area contributed by atoms with E-state index in [0.717, 1.165) is 12.3 Å². The van der Waals surface area contributed by atoms with Crippen molar-refractivity contribution in [1.82, 2.24) is 10.3 Å². The van der Waals surface area contributed by atoms with Crippen molar-refractivity contribution in [3.8, 4) is 0 Å². The molecule has 124 valence electrons. The molecule has 0 saturated carbocycles. The van der Waals surface area contributed by atoms with Gasteiger partial charge in [-0.05, 0) is 24.6 Å². The molecule has 0 fully saturated rings. The summed E-state index contributed by atoms with van der Waals surface area (Å²) in [5.74, 6) is -0.931. The SMILES string of the molecule is Cc1ccc(C(=O)NCCNc2ncc(C(F)(F)F)s2)cc1F. The minimum Gasteiger partial charge on any atom is -0.360 e. The molecular weight excluding hydrogens is 334 g/mol. The largest absolute Gasteiger partial charge is 0.427 e. The molecule has 2 N–H and O–H groups in total. The molecule has 0 bridgehead atoms. The van der Waals surface area contributed by atoms with Crippen LogP contribution in [0, 0.1) is 12.7 Å². The van der Waals surface area contributed by atoms with Gasteiger partial charge in [-0.2, -0.15) is 13.2 Å². The van der Waals surface area contributed by atoms with Gasteiger partial charge in [0.25, 0.3) is 5.91 Å². The summed E-state index contributed by atoms with van der Waals surface area (Å²) >= 11 is 0.489. The number of hydrogen-bond acceptors (Lipinski definition) is 4. The third-order valence-electron chi connectivity index (χ3n) is 2.91. The molecule has 0 aliphatic carbocycles. The number of amides is 1. The van der Waals surface area contributed by atoms with Gasteiger partial charge in [0, 0.05) is 18.7 Å². The van der Waals surface area contributed by atoms with Crippen molar-refractivity contribution in [3.05, 3.63) is 46.2 Å². The summed E-state index contributed by atoms with van der Waals surface area (Å²) in [7, 11) is 0. The lowest BCUT2D eigenvalue weighted by Gasteiger charge is -2.07. The fourth-order valence-electron chi connectivity index (χ4n) is 1.67. The van der Waals surface area contributed by atoms with Crippen LogP contribution in [0.2, 0.25) is 0 Å². The average molecular weight is 347 g/mol. The first-order chi connectivity index (χ1) is 10.8. The van der Waals surface area contributed by atoms with Crippen LogP contribution < -0.4 is 10.6 Å². The second kappa shape index (κ2) is 6.95. The highest BCUT2D eigenvalue weighted by Gasteiger charge is 2.33. The van der Waals surface area contributed by atoms with Crippen molar-refractivity contribution in [2.45, 2.75) is 13.1 Å². The van der Waals surface area contributed by atoms with Gasteiger partial charge in [-0.3, -0.25) is 4.79 Å². The van der Waals surface area contributed by atoms with Crippen LogP contribution in [0.1, 0.15) is 20.8 Å². The number of thiazole rings is 1. The van der Waals surface area contributed by atoms with E-state index in [4.69, 9.17) is 0 Å². The Kier molecular flexibility index (Phi) is 5.19. The first kappa shape index (κ1) is 17.2. The highest BCUT2D eigenvalue weighted by atomic mass is 32.1. The number of hydrogen-bond donors (Lipinski definition) is 2. The zero-order valence-electron chi connectivity index (χ0n) is 12.0. The number of benzene rings is 1. The average Bonchev–Trinajstić information content (AvgIpc) is 2.95. The van der Waals surface area contributed by atoms with Crippen LogP contribution in [0.4, 0.5) is 22.7 Å². The Hall–Kier alpha value is -2.16. The van der Waals surface area contributed by atoms with E-state index in [9.17, 15) is 22.4 Å². The summed E-state index contributed by atoms with van der Waals surface area (Å²) in [5.41, 5.74) is 0.620. The number of aryl methyl sites for hydroxylation is 1. The van der Waals surface area contributed by atoms with E-state index < -0.39 is 22.8 Å². The molecule has 2 aromatic rings. The third-order valence-corrected chi connectivity index (χ3v) is 3.91. The lowest BCUT2D eigenvalue weighted by atomic mass is 10.1. The van der Waals surface area contributed by atoms with Crippen LogP contribution in [0.3, 0.4) is 0 Å². The van der Waals surface area contributed by atoms with Gasteiger partial charge >= 0.3 is 6.18 Å². The second-order valence-electron chi connectivity index (χ2n) is 4.67. The maximum Gasteiger partial charge on any atom is 0.427 e. The lowest BCUT2D eigenvalue weighted by molar-refractivity contribution is -0.134. The van der Waals surface area contributed by atoms with Crippen LogP contribution in [-0.4, -0.2) is 24.0 Å². The number of nitrogens with one attached hydrogen (secondary N) is 2. The molecule has 0 unspecified atom stereocenters. The summed E-state index contributed by atoms with van der Waals surface area (Å²) in [6, 6.07) is 4.13. The summed E-state index contributed by atoms with van der Waals surface area (Å²) in [4.78, 5) is 14.6. The molecule has 0 aliphatic rings. The molecular formula is C14H13F4N3OS. The quantitative estimate of drug-likeness (QED) is 0.643. The molecule has 0 aliphatic heterocycles. The Bertz CT molecular complexity index is 700. The summed E-state index contributed by atoms with van der Waals surface area (Å²) in [5, 5.41) is 5.34. The Morgan fingerprint density at radius 2 is 2.04 bits per heavy atom. The van der Waals surface area contributed by atoms with Crippen molar-refractivity contribution in [2.24, 2.45) is 0 Å². The number of rotatable bonds is 5. The van der Waals surface area contributed by atoms with E-state index in [-0.39, 0.29) is 23.8 Å². The van der Waals surface area contributed by atoms with Gasteiger partial charge in [0.15, 0.2) is 5.13 Å². The fourth-order valence-corrected chi connectivity index (χ4v) is 2.38. The molecule has 2 rings (SSSR count). The van der Waals surface area contributed by atoms with Crippen molar-refractivity contribution in [1.29, 1.82) is 0 Å². The topological polar surface area (TPSA) is 54.0 Å². The Balaban J connectivity index is 1.80. The van der Waals surface area contributed by atoms with E-state index in [2.05, 4.69) is 15.6 Å². The molecule has 0 spiro atoms. The number of alkyl halides is 3. The fraction of sp³-hybridized carbons (Fsp3) is 0.286. The van der Waals surface area contributed by atoms with Crippen LogP contribution in [-0.2, 0) is 6.18 Å². The van der Waals surface area contributed by atoms with E-state index in [0.29, 0.717) is 16.9 Å². The summed E-state index contributed by atoms with van der Waals surface area (Å²) in [6.07, 6.45) is -3.66. The van der Waals surface area contributed by atoms with Crippen molar-refractivity contribution >= 4 is 22.4 Å². The first-order valence-corrected chi connectivity index (χ1v) is 7.40. The maximum absolute atomic E-state index is 13.4. The van der Waals surface area contributed by atoms with Crippen LogP contribution >= 0.6 is 11.3 Å². The van der Waals surface area contributed by atoms with Gasteiger partial charge in [-0.25, -0.2) is 9.37 Å². The molecule has 0 radical (unpaired) electrons. The van der Waals surface area contributed by atoms with Gasteiger partial charge in [0.2, 0.25) is 0 Å². The summed E-state index contributed by atoms with van der Waals surface area (Å²) < 4.78 is 50.6. The van der Waals surface area contributed by atoms with Crippen molar-refractivity contribution in [2.75, 3.05) is 18.4 Å². The molecule has 1 aromatic heterocycles. The number of nitrogens with zero attached hydrogens (tertiary/aromatic N) is 1. The predicted molar refractivity (Wildman–Crippen MR) is 79.1 cm³/mol. The van der Waals surface area contributed by atoms with E-state index in [1.807, 2.05) is 0 Å². The smallest absolute Gasteiger partial charge is 0.360 e. The number of anilines is 1. The van der Waals surface area contributed by atoms with Crippen molar-refractivity contribution < 1.29 is 22.4 Å². The monoisotopic (exact) mass is 347 g/mol. The third kappa shape index (κ3) is 4.65.